The summed E-state index contributed by atoms with van der Waals surface area (Å²) in [5.74, 6) is -0.0184. The normalized spacial score (nSPS) is 22.1. The molecule has 6 nitrogen and oxygen atoms in total. The molecule has 1 aliphatic rings. The third-order valence-electron chi connectivity index (χ3n) is 5.28. The number of esters is 2. The molecule has 3 atom stereocenters. The Hall–Kier alpha value is -2.12. The van der Waals surface area contributed by atoms with Crippen molar-refractivity contribution in [2.75, 3.05) is 6.61 Å². The first-order valence-electron chi connectivity index (χ1n) is 9.82. The first kappa shape index (κ1) is 23.2. The lowest BCUT2D eigenvalue weighted by molar-refractivity contribution is -0.163. The largest absolute Gasteiger partial charge is 0.543 e. The van der Waals surface area contributed by atoms with Crippen molar-refractivity contribution in [2.45, 2.75) is 71.1 Å². The van der Waals surface area contributed by atoms with E-state index in [1.807, 2.05) is 30.3 Å². The van der Waals surface area contributed by atoms with Gasteiger partial charge in [0.1, 0.15) is 30.7 Å². The number of ether oxygens (including phenoxy) is 3. The molecule has 0 spiro atoms. The van der Waals surface area contributed by atoms with E-state index in [9.17, 15) is 9.59 Å². The van der Waals surface area contributed by atoms with E-state index in [2.05, 4.69) is 33.9 Å². The summed E-state index contributed by atoms with van der Waals surface area (Å²) in [5.41, 5.74) is 0.923. The summed E-state index contributed by atoms with van der Waals surface area (Å²) in [5, 5.41) is 0.0939. The Kier molecular flexibility index (Phi) is 7.29. The summed E-state index contributed by atoms with van der Waals surface area (Å²) in [6, 6.07) is 7.83. The molecule has 29 heavy (non-hydrogen) atoms. The molecule has 0 bridgehead atoms. The highest BCUT2D eigenvalue weighted by Crippen LogP contribution is 2.38. The fourth-order valence-corrected chi connectivity index (χ4v) is 3.70. The van der Waals surface area contributed by atoms with E-state index in [4.69, 9.17) is 18.6 Å². The third kappa shape index (κ3) is 6.44. The molecule has 0 saturated heterocycles. The molecular formula is C22H32O6Si. The molecule has 1 aromatic rings. The highest BCUT2D eigenvalue weighted by atomic mass is 28.4. The molecule has 0 aromatic heterocycles. The summed E-state index contributed by atoms with van der Waals surface area (Å²) in [4.78, 5) is 22.6. The quantitative estimate of drug-likeness (QED) is 0.382. The molecule has 160 valence electrons. The smallest absolute Gasteiger partial charge is 0.303 e. The first-order chi connectivity index (χ1) is 13.4. The van der Waals surface area contributed by atoms with Crippen LogP contribution in [0, 0.1) is 0 Å². The lowest BCUT2D eigenvalue weighted by atomic mass is 10.0. The van der Waals surface area contributed by atoms with Crippen molar-refractivity contribution in [2.24, 2.45) is 0 Å². The highest BCUT2D eigenvalue weighted by molar-refractivity contribution is 6.74. The van der Waals surface area contributed by atoms with Crippen molar-refractivity contribution in [3.63, 3.8) is 0 Å². The highest BCUT2D eigenvalue weighted by Gasteiger charge is 2.39. The van der Waals surface area contributed by atoms with Gasteiger partial charge in [-0.1, -0.05) is 39.0 Å². The van der Waals surface area contributed by atoms with Gasteiger partial charge in [0.2, 0.25) is 8.32 Å². The van der Waals surface area contributed by atoms with Crippen molar-refractivity contribution in [1.29, 1.82) is 0 Å². The molecule has 2 rings (SSSR count). The van der Waals surface area contributed by atoms with E-state index in [1.165, 1.54) is 13.8 Å². The number of rotatable bonds is 6. The van der Waals surface area contributed by atoms with Crippen LogP contribution in [-0.2, 0) is 23.8 Å². The first-order valence-corrected chi connectivity index (χ1v) is 12.7. The van der Waals surface area contributed by atoms with Crippen LogP contribution in [0.2, 0.25) is 18.1 Å². The fraction of sp³-hybridized carbons (Fsp3) is 0.545. The van der Waals surface area contributed by atoms with E-state index < -0.39 is 32.5 Å². The molecule has 1 aliphatic heterocycles. The second kappa shape index (κ2) is 9.13. The van der Waals surface area contributed by atoms with E-state index in [0.29, 0.717) is 0 Å². The predicted octanol–water partition coefficient (Wildman–Crippen LogP) is 4.56. The van der Waals surface area contributed by atoms with E-state index in [0.717, 1.165) is 11.3 Å². The fourth-order valence-electron chi connectivity index (χ4n) is 2.68. The molecule has 0 fully saturated rings. The predicted molar refractivity (Wildman–Crippen MR) is 113 cm³/mol. The molecule has 0 radical (unpaired) electrons. The van der Waals surface area contributed by atoms with E-state index >= 15 is 0 Å². The summed E-state index contributed by atoms with van der Waals surface area (Å²) in [6.45, 7) is 13.7. The van der Waals surface area contributed by atoms with Crippen LogP contribution in [0.15, 0.2) is 36.4 Å². The Morgan fingerprint density at radius 1 is 1.10 bits per heavy atom. The van der Waals surface area contributed by atoms with Crippen LogP contribution < -0.4 is 4.43 Å². The maximum Gasteiger partial charge on any atom is 0.303 e. The van der Waals surface area contributed by atoms with Gasteiger partial charge in [-0.05, 0) is 41.9 Å². The molecule has 1 aromatic carbocycles. The molecular weight excluding hydrogens is 388 g/mol. The average Bonchev–Trinajstić information content (AvgIpc) is 2.59. The SMILES string of the molecule is CC(=O)OC[C@H]1OC(c2cccc(O[Si](C)(C)C(C)(C)C)c2)C=C[C@@H]1OC(C)=O. The van der Waals surface area contributed by atoms with Crippen LogP contribution in [0.25, 0.3) is 0 Å². The van der Waals surface area contributed by atoms with Gasteiger partial charge >= 0.3 is 11.9 Å². The van der Waals surface area contributed by atoms with Crippen molar-refractivity contribution < 1.29 is 28.2 Å². The maximum absolute atomic E-state index is 11.4. The van der Waals surface area contributed by atoms with Gasteiger partial charge in [0.05, 0.1) is 0 Å². The Balaban J connectivity index is 2.21. The minimum atomic E-state index is -1.96. The Labute approximate surface area is 174 Å². The zero-order valence-electron chi connectivity index (χ0n) is 18.4. The molecule has 0 N–H and O–H groups in total. The lowest BCUT2D eigenvalue weighted by Crippen LogP contribution is -2.43. The topological polar surface area (TPSA) is 71.1 Å². The van der Waals surface area contributed by atoms with Gasteiger partial charge in [0, 0.05) is 13.8 Å². The van der Waals surface area contributed by atoms with Gasteiger partial charge in [-0.25, -0.2) is 0 Å². The van der Waals surface area contributed by atoms with Gasteiger partial charge in [0.15, 0.2) is 0 Å². The number of benzene rings is 1. The monoisotopic (exact) mass is 420 g/mol. The number of hydrogen-bond acceptors (Lipinski definition) is 6. The molecule has 0 aliphatic carbocycles. The maximum atomic E-state index is 11.4. The van der Waals surface area contributed by atoms with Crippen LogP contribution in [0.5, 0.6) is 5.75 Å². The Morgan fingerprint density at radius 3 is 2.38 bits per heavy atom. The zero-order chi connectivity index (χ0) is 21.8. The van der Waals surface area contributed by atoms with Crippen LogP contribution in [0.4, 0.5) is 0 Å². The van der Waals surface area contributed by atoms with Gasteiger partial charge in [-0.3, -0.25) is 9.59 Å². The molecule has 1 heterocycles. The summed E-state index contributed by atoms with van der Waals surface area (Å²) in [6.07, 6.45) is 2.09. The van der Waals surface area contributed by atoms with Crippen LogP contribution in [0.3, 0.4) is 0 Å². The Morgan fingerprint density at radius 2 is 1.79 bits per heavy atom. The van der Waals surface area contributed by atoms with Crippen LogP contribution in [0.1, 0.15) is 46.3 Å². The van der Waals surface area contributed by atoms with Gasteiger partial charge in [-0.15, -0.1) is 0 Å². The van der Waals surface area contributed by atoms with Crippen LogP contribution >= 0.6 is 0 Å². The van der Waals surface area contributed by atoms with Crippen molar-refractivity contribution in [3.05, 3.63) is 42.0 Å². The van der Waals surface area contributed by atoms with Crippen LogP contribution in [-0.4, -0.2) is 39.1 Å². The lowest BCUT2D eigenvalue weighted by Gasteiger charge is -2.36. The third-order valence-corrected chi connectivity index (χ3v) is 9.64. The van der Waals surface area contributed by atoms with Gasteiger partial charge < -0.3 is 18.6 Å². The van der Waals surface area contributed by atoms with Crippen molar-refractivity contribution in [1.82, 2.24) is 0 Å². The molecule has 1 unspecified atom stereocenters. The minimum Gasteiger partial charge on any atom is -0.543 e. The average molecular weight is 421 g/mol. The summed E-state index contributed by atoms with van der Waals surface area (Å²) in [7, 11) is -1.96. The summed E-state index contributed by atoms with van der Waals surface area (Å²) < 4.78 is 22.9. The number of hydrogen-bond donors (Lipinski definition) is 0. The Bertz CT molecular complexity index is 765. The second-order valence-electron chi connectivity index (χ2n) is 8.79. The molecule has 0 saturated carbocycles. The van der Waals surface area contributed by atoms with Crippen molar-refractivity contribution in [3.8, 4) is 5.75 Å². The van der Waals surface area contributed by atoms with Crippen molar-refractivity contribution >= 4 is 20.3 Å². The second-order valence-corrected chi connectivity index (χ2v) is 13.5. The summed E-state index contributed by atoms with van der Waals surface area (Å²) >= 11 is 0. The molecule has 7 heteroatoms. The van der Waals surface area contributed by atoms with Gasteiger partial charge in [-0.2, -0.15) is 0 Å². The van der Waals surface area contributed by atoms with E-state index in [1.54, 1.807) is 6.08 Å². The minimum absolute atomic E-state index is 0.00821. The number of carbonyl (C=O) groups is 2. The molecule has 0 amide bonds. The van der Waals surface area contributed by atoms with E-state index in [-0.39, 0.29) is 17.7 Å². The number of carbonyl (C=O) groups excluding carboxylic acids is 2. The zero-order valence-corrected chi connectivity index (χ0v) is 19.4. The van der Waals surface area contributed by atoms with Gasteiger partial charge in [0.25, 0.3) is 0 Å². The standard InChI is InChI=1S/C22H32O6Si/c1-15(23)25-14-21-20(26-16(2)24)12-11-19(27-21)17-9-8-10-18(13-17)28-29(6,7)22(3,4)5/h8-13,19-21H,14H2,1-7H3/t19?,20-,21+/m0/s1.